The maximum atomic E-state index is 12.2. The second-order valence-corrected chi connectivity index (χ2v) is 5.93. The molecule has 3 nitrogen and oxygen atoms in total. The van der Waals surface area contributed by atoms with Gasteiger partial charge in [-0.05, 0) is 55.8 Å². The van der Waals surface area contributed by atoms with Crippen LogP contribution in [0.1, 0.15) is 55.4 Å². The van der Waals surface area contributed by atoms with E-state index in [2.05, 4.69) is 0 Å². The van der Waals surface area contributed by atoms with Gasteiger partial charge in [-0.15, -0.1) is 0 Å². The van der Waals surface area contributed by atoms with E-state index in [-0.39, 0.29) is 6.42 Å². The SMILES string of the molecule is [2H]c1c([2H])c([C@]2([2H])C([2H])([2H])N(CCC)C([2H])([2H])C([2H])([2H])C2([2H])[2H])c([2H])c(S(C)(=O)=O)c1[2H]. The largest absolute Gasteiger partial charge is 0.303 e. The van der Waals surface area contributed by atoms with Gasteiger partial charge in [0.2, 0.25) is 0 Å². The van der Waals surface area contributed by atoms with Gasteiger partial charge in [0.1, 0.15) is 0 Å². The highest BCUT2D eigenvalue weighted by molar-refractivity contribution is 7.90. The van der Waals surface area contributed by atoms with Crippen LogP contribution in [0.5, 0.6) is 0 Å². The molecule has 1 aromatic carbocycles. The van der Waals surface area contributed by atoms with Crippen molar-refractivity contribution in [1.29, 1.82) is 0 Å². The highest BCUT2D eigenvalue weighted by Crippen LogP contribution is 2.28. The van der Waals surface area contributed by atoms with E-state index in [4.69, 9.17) is 17.8 Å². The van der Waals surface area contributed by atoms with E-state index in [1.165, 1.54) is 6.92 Å². The highest BCUT2D eigenvalue weighted by Gasteiger charge is 2.21. The molecule has 0 saturated carbocycles. The third kappa shape index (κ3) is 3.80. The molecule has 1 heterocycles. The zero-order chi connectivity index (χ0) is 25.5. The maximum absolute atomic E-state index is 12.2. The van der Waals surface area contributed by atoms with E-state index in [1.807, 2.05) is 0 Å². The van der Waals surface area contributed by atoms with Gasteiger partial charge in [0.25, 0.3) is 0 Å². The molecule has 0 aromatic heterocycles. The lowest BCUT2D eigenvalue weighted by atomic mass is 9.90. The number of sulfone groups is 1. The first-order valence-corrected chi connectivity index (χ1v) is 7.56. The Morgan fingerprint density at radius 2 is 2.37 bits per heavy atom. The number of hydrogen-bond acceptors (Lipinski definition) is 3. The first kappa shape index (κ1) is 5.15. The number of likely N-dealkylation sites (tertiary alicyclic amines) is 1. The fourth-order valence-electron chi connectivity index (χ4n) is 1.44. The number of rotatable bonds is 4. The van der Waals surface area contributed by atoms with Crippen LogP contribution in [0, 0.1) is 0 Å². The minimum atomic E-state index is -4.43. The van der Waals surface area contributed by atoms with Crippen molar-refractivity contribution in [3.05, 3.63) is 29.7 Å². The summed E-state index contributed by atoms with van der Waals surface area (Å²) in [4.78, 5) is -0.825. The first-order valence-electron chi connectivity index (χ1n) is 12.2. The fraction of sp³-hybridized carbons (Fsp3) is 0.600. The zero-order valence-corrected chi connectivity index (χ0v) is 11.4. The van der Waals surface area contributed by atoms with Crippen LogP contribution in [0.15, 0.2) is 29.1 Å². The summed E-state index contributed by atoms with van der Waals surface area (Å²) in [7, 11) is -4.43. The van der Waals surface area contributed by atoms with Crippen LogP contribution in [0.3, 0.4) is 0 Å². The van der Waals surface area contributed by atoms with Crippen LogP contribution in [-0.2, 0) is 9.84 Å². The molecule has 1 aliphatic rings. The molecule has 19 heavy (non-hydrogen) atoms. The molecule has 1 aromatic rings. The third-order valence-electron chi connectivity index (χ3n) is 2.30. The number of nitrogens with zero attached hydrogens (tertiary/aromatic N) is 1. The number of benzene rings is 1. The maximum Gasteiger partial charge on any atom is 0.175 e. The van der Waals surface area contributed by atoms with Gasteiger partial charge in [0.15, 0.2) is 9.84 Å². The Labute approximate surface area is 134 Å². The Bertz CT molecular complexity index is 1060. The first-order chi connectivity index (χ1) is 14.1. The Hall–Kier alpha value is -0.870. The molecule has 1 saturated heterocycles. The number of piperidine rings is 1. The summed E-state index contributed by atoms with van der Waals surface area (Å²) >= 11 is 0. The number of hydrogen-bond donors (Lipinski definition) is 0. The van der Waals surface area contributed by atoms with Gasteiger partial charge in [0, 0.05) is 25.1 Å². The summed E-state index contributed by atoms with van der Waals surface area (Å²) in [5, 5.41) is 0. The van der Waals surface area contributed by atoms with Gasteiger partial charge in [0.05, 0.1) is 10.4 Å². The summed E-state index contributed by atoms with van der Waals surface area (Å²) in [6.07, 6.45) is -6.67. The molecule has 106 valence electrons. The molecule has 0 bridgehead atoms. The molecule has 0 spiro atoms. The summed E-state index contributed by atoms with van der Waals surface area (Å²) in [5.41, 5.74) is -1.24. The zero-order valence-electron chi connectivity index (χ0n) is 23.6. The fourth-order valence-corrected chi connectivity index (χ4v) is 1.96. The average Bonchev–Trinajstić information content (AvgIpc) is 2.61. The van der Waals surface area contributed by atoms with Crippen molar-refractivity contribution in [1.82, 2.24) is 4.90 Å². The topological polar surface area (TPSA) is 37.4 Å². The lowest BCUT2D eigenvalue weighted by molar-refractivity contribution is 0.208. The lowest BCUT2D eigenvalue weighted by Gasteiger charge is -2.32. The molecule has 1 aliphatic heterocycles. The summed E-state index contributed by atoms with van der Waals surface area (Å²) in [6.45, 7) is -5.64. The summed E-state index contributed by atoms with van der Waals surface area (Å²) < 4.78 is 132. The molecule has 1 fully saturated rings. The molecular weight excluding hydrogens is 258 g/mol. The van der Waals surface area contributed by atoms with Crippen LogP contribution >= 0.6 is 0 Å². The standard InChI is InChI=1S/C15H23NO2S/c1-3-9-16-10-5-7-14(12-16)13-6-4-8-15(11-13)19(2,17)18/h4,6,8,11,14H,3,5,7,9-10,12H2,1-2H3/t14-/m0/s1/i4D,5D2,6D,7D2,8D,10D2,11D,12D2,14D. The van der Waals surface area contributed by atoms with Crippen molar-refractivity contribution < 1.29 is 26.2 Å². The Morgan fingerprint density at radius 1 is 1.58 bits per heavy atom. The quantitative estimate of drug-likeness (QED) is 0.857. The van der Waals surface area contributed by atoms with Gasteiger partial charge in [-0.3, -0.25) is 0 Å². The summed E-state index contributed by atoms with van der Waals surface area (Å²) in [6, 6.07) is -4.61. The molecule has 0 N–H and O–H groups in total. The molecule has 0 amide bonds. The van der Waals surface area contributed by atoms with Gasteiger partial charge >= 0.3 is 0 Å². The molecular formula is C15H23NO2S. The molecule has 1 atom stereocenters. The van der Waals surface area contributed by atoms with E-state index < -0.39 is 82.6 Å². The van der Waals surface area contributed by atoms with Gasteiger partial charge in [-0.1, -0.05) is 19.0 Å². The molecule has 0 radical (unpaired) electrons. The summed E-state index contributed by atoms with van der Waals surface area (Å²) in [5.74, 6) is -3.57. The van der Waals surface area contributed by atoms with Crippen LogP contribution in [-0.4, -0.2) is 39.1 Å². The van der Waals surface area contributed by atoms with Crippen molar-refractivity contribution in [3.8, 4) is 0 Å². The smallest absolute Gasteiger partial charge is 0.175 e. The average molecular weight is 295 g/mol. The van der Waals surface area contributed by atoms with Crippen molar-refractivity contribution >= 4 is 9.84 Å². The lowest BCUT2D eigenvalue weighted by Crippen LogP contribution is -2.34. The van der Waals surface area contributed by atoms with E-state index in [0.29, 0.717) is 11.2 Å². The van der Waals surface area contributed by atoms with E-state index in [1.54, 1.807) is 0 Å². The highest BCUT2D eigenvalue weighted by atomic mass is 32.2. The molecule has 0 unspecified atom stereocenters. The van der Waals surface area contributed by atoms with Crippen LogP contribution in [0.2, 0.25) is 0 Å². The third-order valence-corrected chi connectivity index (χ3v) is 3.24. The molecule has 2 rings (SSSR count). The van der Waals surface area contributed by atoms with E-state index >= 15 is 0 Å². The predicted molar refractivity (Wildman–Crippen MR) is 78.3 cm³/mol. The minimum absolute atomic E-state index is 0.0690. The van der Waals surface area contributed by atoms with Crippen molar-refractivity contribution in [2.45, 2.75) is 36.9 Å². The minimum Gasteiger partial charge on any atom is -0.303 e. The van der Waals surface area contributed by atoms with Crippen LogP contribution < -0.4 is 0 Å². The second kappa shape index (κ2) is 6.06. The van der Waals surface area contributed by atoms with Crippen molar-refractivity contribution in [3.63, 3.8) is 0 Å². The Balaban J connectivity index is 3.19. The van der Waals surface area contributed by atoms with Crippen LogP contribution in [0.25, 0.3) is 0 Å². The Morgan fingerprint density at radius 3 is 3.05 bits per heavy atom. The van der Waals surface area contributed by atoms with Crippen molar-refractivity contribution in [2.24, 2.45) is 0 Å². The molecule has 4 heteroatoms. The van der Waals surface area contributed by atoms with Gasteiger partial charge in [-0.25, -0.2) is 8.42 Å². The van der Waals surface area contributed by atoms with Gasteiger partial charge in [-0.2, -0.15) is 0 Å². The monoisotopic (exact) mass is 294 g/mol. The van der Waals surface area contributed by atoms with Gasteiger partial charge < -0.3 is 4.90 Å². The predicted octanol–water partition coefficient (Wildman–Crippen LogP) is 2.68. The normalized spacial score (nSPS) is 45.9. The Kier molecular flexibility index (Phi) is 1.64. The second-order valence-electron chi connectivity index (χ2n) is 3.98. The van der Waals surface area contributed by atoms with E-state index in [9.17, 15) is 8.42 Å². The van der Waals surface area contributed by atoms with Crippen molar-refractivity contribution in [2.75, 3.05) is 25.8 Å². The van der Waals surface area contributed by atoms with Crippen LogP contribution in [0.4, 0.5) is 0 Å². The molecule has 0 aliphatic carbocycles. The van der Waals surface area contributed by atoms with E-state index in [0.717, 1.165) is 0 Å².